The number of carboxylic acid groups (broad SMARTS) is 1. The van der Waals surface area contributed by atoms with E-state index in [4.69, 9.17) is 5.11 Å². The van der Waals surface area contributed by atoms with Gasteiger partial charge in [0.15, 0.2) is 0 Å². The second-order valence-electron chi connectivity index (χ2n) is 4.51. The van der Waals surface area contributed by atoms with Gasteiger partial charge in [0, 0.05) is 11.6 Å². The fourth-order valence-corrected chi connectivity index (χ4v) is 2.01. The van der Waals surface area contributed by atoms with E-state index >= 15 is 0 Å². The predicted octanol–water partition coefficient (Wildman–Crippen LogP) is 2.76. The second-order valence-corrected chi connectivity index (χ2v) is 4.51. The van der Waals surface area contributed by atoms with E-state index in [1.807, 2.05) is 28.8 Å². The van der Waals surface area contributed by atoms with Gasteiger partial charge in [0.05, 0.1) is 24.6 Å². The molecule has 1 heterocycles. The fraction of sp³-hybridized carbons (Fsp3) is 0.286. The van der Waals surface area contributed by atoms with Crippen LogP contribution in [0.25, 0.3) is 11.3 Å². The van der Waals surface area contributed by atoms with Crippen LogP contribution in [0.1, 0.15) is 25.5 Å². The molecule has 0 saturated heterocycles. The summed E-state index contributed by atoms with van der Waals surface area (Å²) in [4.78, 5) is 15.0. The average molecular weight is 244 g/mol. The van der Waals surface area contributed by atoms with Crippen molar-refractivity contribution in [2.75, 3.05) is 0 Å². The van der Waals surface area contributed by atoms with Crippen LogP contribution in [0.4, 0.5) is 0 Å². The Morgan fingerprint density at radius 2 is 2.11 bits per heavy atom. The van der Waals surface area contributed by atoms with Crippen LogP contribution in [0, 0.1) is 0 Å². The van der Waals surface area contributed by atoms with Gasteiger partial charge in [0.2, 0.25) is 0 Å². The van der Waals surface area contributed by atoms with Gasteiger partial charge in [-0.3, -0.25) is 4.79 Å². The molecule has 18 heavy (non-hydrogen) atoms. The van der Waals surface area contributed by atoms with Gasteiger partial charge in [-0.1, -0.05) is 24.3 Å². The summed E-state index contributed by atoms with van der Waals surface area (Å²) in [6.45, 7) is 4.15. The quantitative estimate of drug-likeness (QED) is 0.899. The lowest BCUT2D eigenvalue weighted by molar-refractivity contribution is -0.136. The molecule has 94 valence electrons. The molecule has 2 aromatic rings. The number of nitrogens with zero attached hydrogens (tertiary/aromatic N) is 2. The standard InChI is InChI=1S/C14H16N2O2/c1-10(2)16-9-15-8-13(16)12-6-4-3-5-11(12)7-14(17)18/h3-6,8-10H,7H2,1-2H3,(H,17,18). The summed E-state index contributed by atoms with van der Waals surface area (Å²) in [6, 6.07) is 7.85. The van der Waals surface area contributed by atoms with Crippen LogP contribution < -0.4 is 0 Å². The first kappa shape index (κ1) is 12.4. The highest BCUT2D eigenvalue weighted by atomic mass is 16.4. The Hall–Kier alpha value is -2.10. The summed E-state index contributed by atoms with van der Waals surface area (Å²) < 4.78 is 2.04. The SMILES string of the molecule is CC(C)n1cncc1-c1ccccc1CC(=O)O. The normalized spacial score (nSPS) is 10.8. The molecule has 1 N–H and O–H groups in total. The highest BCUT2D eigenvalue weighted by Crippen LogP contribution is 2.26. The number of carbonyl (C=O) groups is 1. The first-order valence-electron chi connectivity index (χ1n) is 5.91. The van der Waals surface area contributed by atoms with Crippen molar-refractivity contribution in [3.05, 3.63) is 42.4 Å². The lowest BCUT2D eigenvalue weighted by Gasteiger charge is -2.14. The van der Waals surface area contributed by atoms with Gasteiger partial charge in [0.25, 0.3) is 0 Å². The number of aromatic nitrogens is 2. The van der Waals surface area contributed by atoms with Gasteiger partial charge in [-0.15, -0.1) is 0 Å². The van der Waals surface area contributed by atoms with Crippen molar-refractivity contribution < 1.29 is 9.90 Å². The van der Waals surface area contributed by atoms with Crippen LogP contribution in [0.2, 0.25) is 0 Å². The van der Waals surface area contributed by atoms with Gasteiger partial charge in [-0.25, -0.2) is 4.98 Å². The van der Waals surface area contributed by atoms with Gasteiger partial charge < -0.3 is 9.67 Å². The van der Waals surface area contributed by atoms with Crippen molar-refractivity contribution in [3.63, 3.8) is 0 Å². The van der Waals surface area contributed by atoms with E-state index in [9.17, 15) is 4.79 Å². The minimum absolute atomic E-state index is 0.0272. The monoisotopic (exact) mass is 244 g/mol. The smallest absolute Gasteiger partial charge is 0.307 e. The molecule has 0 saturated carbocycles. The number of rotatable bonds is 4. The number of imidazole rings is 1. The zero-order valence-corrected chi connectivity index (χ0v) is 10.5. The molecular weight excluding hydrogens is 228 g/mol. The third kappa shape index (κ3) is 2.42. The molecule has 0 spiro atoms. The van der Waals surface area contributed by atoms with Crippen molar-refractivity contribution in [3.8, 4) is 11.3 Å². The van der Waals surface area contributed by atoms with Crippen molar-refractivity contribution >= 4 is 5.97 Å². The first-order valence-corrected chi connectivity index (χ1v) is 5.91. The van der Waals surface area contributed by atoms with E-state index in [1.54, 1.807) is 12.5 Å². The maximum Gasteiger partial charge on any atom is 0.307 e. The molecule has 0 bridgehead atoms. The molecule has 0 aliphatic heterocycles. The van der Waals surface area contributed by atoms with Crippen molar-refractivity contribution in [1.82, 2.24) is 9.55 Å². The van der Waals surface area contributed by atoms with Crippen molar-refractivity contribution in [1.29, 1.82) is 0 Å². The second kappa shape index (κ2) is 5.04. The van der Waals surface area contributed by atoms with Crippen molar-refractivity contribution in [2.24, 2.45) is 0 Å². The summed E-state index contributed by atoms with van der Waals surface area (Å²) in [5, 5.41) is 8.94. The van der Waals surface area contributed by atoms with E-state index in [0.717, 1.165) is 16.8 Å². The van der Waals surface area contributed by atoms with Crippen LogP contribution in [0.15, 0.2) is 36.8 Å². The van der Waals surface area contributed by atoms with E-state index in [1.165, 1.54) is 0 Å². The number of benzene rings is 1. The highest BCUT2D eigenvalue weighted by Gasteiger charge is 2.13. The van der Waals surface area contributed by atoms with Gasteiger partial charge in [-0.2, -0.15) is 0 Å². The van der Waals surface area contributed by atoms with Crippen LogP contribution in [0.5, 0.6) is 0 Å². The Morgan fingerprint density at radius 3 is 2.78 bits per heavy atom. The summed E-state index contributed by atoms with van der Waals surface area (Å²) >= 11 is 0. The molecule has 0 aliphatic carbocycles. The molecule has 0 atom stereocenters. The van der Waals surface area contributed by atoms with E-state index in [0.29, 0.717) is 6.04 Å². The molecule has 0 amide bonds. The van der Waals surface area contributed by atoms with Crippen LogP contribution in [-0.4, -0.2) is 20.6 Å². The van der Waals surface area contributed by atoms with Gasteiger partial charge in [0.1, 0.15) is 0 Å². The van der Waals surface area contributed by atoms with E-state index in [-0.39, 0.29) is 6.42 Å². The summed E-state index contributed by atoms with van der Waals surface area (Å²) in [6.07, 6.45) is 3.58. The minimum atomic E-state index is -0.821. The maximum atomic E-state index is 10.9. The summed E-state index contributed by atoms with van der Waals surface area (Å²) in [5.74, 6) is -0.821. The van der Waals surface area contributed by atoms with E-state index < -0.39 is 5.97 Å². The molecule has 0 fully saturated rings. The molecular formula is C14H16N2O2. The average Bonchev–Trinajstić information content (AvgIpc) is 2.77. The lowest BCUT2D eigenvalue weighted by Crippen LogP contribution is -2.05. The molecule has 4 heteroatoms. The Labute approximate surface area is 106 Å². The van der Waals surface area contributed by atoms with E-state index in [2.05, 4.69) is 18.8 Å². The summed E-state index contributed by atoms with van der Waals surface area (Å²) in [5.41, 5.74) is 2.71. The highest BCUT2D eigenvalue weighted by molar-refractivity contribution is 5.75. The number of hydrogen-bond acceptors (Lipinski definition) is 2. The topological polar surface area (TPSA) is 55.1 Å². The Kier molecular flexibility index (Phi) is 3.46. The fourth-order valence-electron chi connectivity index (χ4n) is 2.01. The van der Waals surface area contributed by atoms with Gasteiger partial charge >= 0.3 is 5.97 Å². The first-order chi connectivity index (χ1) is 8.59. The van der Waals surface area contributed by atoms with Crippen molar-refractivity contribution in [2.45, 2.75) is 26.3 Å². The molecule has 2 rings (SSSR count). The number of aliphatic carboxylic acids is 1. The Bertz CT molecular complexity index is 558. The molecule has 1 aromatic carbocycles. The third-order valence-electron chi connectivity index (χ3n) is 2.86. The lowest BCUT2D eigenvalue weighted by atomic mass is 10.0. The molecule has 4 nitrogen and oxygen atoms in total. The predicted molar refractivity (Wildman–Crippen MR) is 69.4 cm³/mol. The third-order valence-corrected chi connectivity index (χ3v) is 2.86. The molecule has 0 aliphatic rings. The van der Waals surface area contributed by atoms with Crippen LogP contribution >= 0.6 is 0 Å². The zero-order chi connectivity index (χ0) is 13.1. The molecule has 0 unspecified atom stereocenters. The molecule has 1 aromatic heterocycles. The number of hydrogen-bond donors (Lipinski definition) is 1. The van der Waals surface area contributed by atoms with Gasteiger partial charge in [-0.05, 0) is 19.4 Å². The Morgan fingerprint density at radius 1 is 1.39 bits per heavy atom. The Balaban J connectivity index is 2.50. The number of carboxylic acids is 1. The largest absolute Gasteiger partial charge is 0.481 e. The minimum Gasteiger partial charge on any atom is -0.481 e. The van der Waals surface area contributed by atoms with Crippen LogP contribution in [-0.2, 0) is 11.2 Å². The van der Waals surface area contributed by atoms with Crippen LogP contribution in [0.3, 0.4) is 0 Å². The molecule has 0 radical (unpaired) electrons. The maximum absolute atomic E-state index is 10.9. The zero-order valence-electron chi connectivity index (χ0n) is 10.5. The summed E-state index contributed by atoms with van der Waals surface area (Å²) in [7, 11) is 0.